The smallest absolute Gasteiger partial charge is 0.179 e. The van der Waals surface area contributed by atoms with Crippen LogP contribution in [0.2, 0.25) is 5.02 Å². The number of hydrogen-bond acceptors (Lipinski definition) is 2. The fourth-order valence-corrected chi connectivity index (χ4v) is 1.14. The minimum Gasteiger partial charge on any atom is -0.293 e. The fraction of sp³-hybridized carbons (Fsp3) is 0.200. The van der Waals surface area contributed by atoms with Gasteiger partial charge in [0.05, 0.1) is 11.1 Å². The van der Waals surface area contributed by atoms with Crippen molar-refractivity contribution in [1.82, 2.24) is 0 Å². The van der Waals surface area contributed by atoms with E-state index in [0.29, 0.717) is 0 Å². The van der Waals surface area contributed by atoms with Gasteiger partial charge in [0.15, 0.2) is 5.78 Å². The van der Waals surface area contributed by atoms with Crippen LogP contribution in [0.5, 0.6) is 0 Å². The summed E-state index contributed by atoms with van der Waals surface area (Å²) in [5.41, 5.74) is 0.255. The van der Waals surface area contributed by atoms with Gasteiger partial charge in [-0.3, -0.25) is 4.79 Å². The molecule has 0 saturated carbocycles. The second kappa shape index (κ2) is 4.21. The predicted molar refractivity (Wildman–Crippen MR) is 50.5 cm³/mol. The molecule has 0 heterocycles. The molecule has 0 aliphatic heterocycles. The molecule has 4 heteroatoms. The van der Waals surface area contributed by atoms with E-state index in [9.17, 15) is 9.18 Å². The number of ketones is 1. The predicted octanol–water partition coefficient (Wildman–Crippen LogP) is 2.82. The molecule has 0 amide bonds. The number of nitrogens with zero attached hydrogens (tertiary/aromatic N) is 1. The molecule has 0 aliphatic carbocycles. The lowest BCUT2D eigenvalue weighted by Crippen LogP contribution is -2.09. The maximum atomic E-state index is 12.7. The van der Waals surface area contributed by atoms with E-state index in [1.54, 1.807) is 0 Å². The summed E-state index contributed by atoms with van der Waals surface area (Å²) in [5.74, 6) is -1.67. The highest BCUT2D eigenvalue weighted by atomic mass is 35.5. The summed E-state index contributed by atoms with van der Waals surface area (Å²) in [6.45, 7) is 1.49. The zero-order valence-electron chi connectivity index (χ0n) is 7.42. The van der Waals surface area contributed by atoms with Crippen molar-refractivity contribution in [3.63, 3.8) is 0 Å². The monoisotopic (exact) mass is 211 g/mol. The van der Waals surface area contributed by atoms with Crippen molar-refractivity contribution < 1.29 is 9.18 Å². The third kappa shape index (κ3) is 2.09. The first-order valence-electron chi connectivity index (χ1n) is 3.95. The molecule has 1 atom stereocenters. The van der Waals surface area contributed by atoms with Crippen molar-refractivity contribution >= 4 is 17.4 Å². The van der Waals surface area contributed by atoms with Gasteiger partial charge in [0.1, 0.15) is 11.7 Å². The van der Waals surface area contributed by atoms with E-state index in [1.165, 1.54) is 19.1 Å². The molecule has 1 unspecified atom stereocenters. The third-order valence-electron chi connectivity index (χ3n) is 1.79. The van der Waals surface area contributed by atoms with Crippen LogP contribution in [-0.4, -0.2) is 5.78 Å². The first kappa shape index (κ1) is 10.7. The van der Waals surface area contributed by atoms with Crippen molar-refractivity contribution in [2.45, 2.75) is 6.92 Å². The average Bonchev–Trinajstić information content (AvgIpc) is 2.20. The van der Waals surface area contributed by atoms with Crippen LogP contribution in [0.1, 0.15) is 17.3 Å². The van der Waals surface area contributed by atoms with E-state index in [4.69, 9.17) is 16.9 Å². The second-order valence-corrected chi connectivity index (χ2v) is 3.25. The summed E-state index contributed by atoms with van der Waals surface area (Å²) in [5, 5.41) is 8.40. The van der Waals surface area contributed by atoms with Gasteiger partial charge in [0.2, 0.25) is 0 Å². The standard InChI is InChI=1S/C10H7ClFNO/c1-6(5-13)10(14)7-2-3-9(12)8(11)4-7/h2-4,6H,1H3. The second-order valence-electron chi connectivity index (χ2n) is 2.84. The molecule has 1 aromatic rings. The number of carbonyl (C=O) groups excluding carboxylic acids is 1. The van der Waals surface area contributed by atoms with E-state index in [0.717, 1.165) is 6.07 Å². The highest BCUT2D eigenvalue weighted by Gasteiger charge is 2.15. The summed E-state index contributed by atoms with van der Waals surface area (Å²) in [4.78, 5) is 11.4. The van der Waals surface area contributed by atoms with Gasteiger partial charge in [0, 0.05) is 5.56 Å². The molecule has 72 valence electrons. The number of hydrogen-bond donors (Lipinski definition) is 0. The van der Waals surface area contributed by atoms with Gasteiger partial charge in [-0.05, 0) is 25.1 Å². The maximum Gasteiger partial charge on any atom is 0.179 e. The molecule has 0 N–H and O–H groups in total. The van der Waals surface area contributed by atoms with Gasteiger partial charge in [-0.2, -0.15) is 5.26 Å². The Labute approximate surface area is 85.9 Å². The highest BCUT2D eigenvalue weighted by Crippen LogP contribution is 2.18. The number of halogens is 2. The quantitative estimate of drug-likeness (QED) is 0.706. The van der Waals surface area contributed by atoms with Crippen LogP contribution < -0.4 is 0 Å². The average molecular weight is 212 g/mol. The first-order valence-corrected chi connectivity index (χ1v) is 4.33. The molecule has 0 aromatic heterocycles. The Morgan fingerprint density at radius 1 is 1.64 bits per heavy atom. The van der Waals surface area contributed by atoms with E-state index < -0.39 is 11.7 Å². The molecule has 0 saturated heterocycles. The van der Waals surface area contributed by atoms with Gasteiger partial charge in [0.25, 0.3) is 0 Å². The highest BCUT2D eigenvalue weighted by molar-refractivity contribution is 6.31. The van der Waals surface area contributed by atoms with E-state index >= 15 is 0 Å². The minimum atomic E-state index is -0.739. The summed E-state index contributed by atoms with van der Waals surface area (Å²) in [7, 11) is 0. The Hall–Kier alpha value is -1.40. The van der Waals surface area contributed by atoms with E-state index in [2.05, 4.69) is 0 Å². The van der Waals surface area contributed by atoms with Gasteiger partial charge >= 0.3 is 0 Å². The van der Waals surface area contributed by atoms with Crippen molar-refractivity contribution in [2.24, 2.45) is 5.92 Å². The molecule has 0 aliphatic rings. The molecule has 0 radical (unpaired) electrons. The minimum absolute atomic E-state index is 0.110. The number of benzene rings is 1. The molecule has 0 bridgehead atoms. The van der Waals surface area contributed by atoms with Gasteiger partial charge in [-0.1, -0.05) is 11.6 Å². The third-order valence-corrected chi connectivity index (χ3v) is 2.08. The lowest BCUT2D eigenvalue weighted by molar-refractivity contribution is 0.0956. The van der Waals surface area contributed by atoms with Crippen molar-refractivity contribution in [3.8, 4) is 6.07 Å². The zero-order valence-corrected chi connectivity index (χ0v) is 8.18. The van der Waals surface area contributed by atoms with Crippen LogP contribution >= 0.6 is 11.6 Å². The first-order chi connectivity index (χ1) is 6.56. The molecular weight excluding hydrogens is 205 g/mol. The number of nitriles is 1. The van der Waals surface area contributed by atoms with Crippen LogP contribution in [0, 0.1) is 23.1 Å². The van der Waals surface area contributed by atoms with Crippen LogP contribution in [0.25, 0.3) is 0 Å². The summed E-state index contributed by atoms with van der Waals surface area (Å²) < 4.78 is 12.7. The van der Waals surface area contributed by atoms with Crippen molar-refractivity contribution in [3.05, 3.63) is 34.6 Å². The molecule has 1 aromatic carbocycles. The van der Waals surface area contributed by atoms with Gasteiger partial charge in [-0.25, -0.2) is 4.39 Å². The molecule has 14 heavy (non-hydrogen) atoms. The topological polar surface area (TPSA) is 40.9 Å². The van der Waals surface area contributed by atoms with E-state index in [1.807, 2.05) is 6.07 Å². The SMILES string of the molecule is CC(C#N)C(=O)c1ccc(F)c(Cl)c1. The largest absolute Gasteiger partial charge is 0.293 e. The van der Waals surface area contributed by atoms with Crippen LogP contribution in [0.15, 0.2) is 18.2 Å². The summed E-state index contributed by atoms with van der Waals surface area (Å²) >= 11 is 5.50. The molecule has 0 spiro atoms. The fourth-order valence-electron chi connectivity index (χ4n) is 0.958. The summed E-state index contributed by atoms with van der Waals surface area (Å²) in [6.07, 6.45) is 0. The Kier molecular flexibility index (Phi) is 3.21. The Balaban J connectivity index is 3.04. The Morgan fingerprint density at radius 2 is 2.29 bits per heavy atom. The normalized spacial score (nSPS) is 11.9. The van der Waals surface area contributed by atoms with Crippen LogP contribution in [0.4, 0.5) is 4.39 Å². The zero-order chi connectivity index (χ0) is 10.7. The number of rotatable bonds is 2. The van der Waals surface area contributed by atoms with Gasteiger partial charge < -0.3 is 0 Å². The van der Waals surface area contributed by atoms with Gasteiger partial charge in [-0.15, -0.1) is 0 Å². The summed E-state index contributed by atoms with van der Waals surface area (Å²) in [6, 6.07) is 5.47. The Bertz CT molecular complexity index is 411. The lowest BCUT2D eigenvalue weighted by Gasteiger charge is -2.02. The molecule has 1 rings (SSSR count). The van der Waals surface area contributed by atoms with Crippen LogP contribution in [-0.2, 0) is 0 Å². The number of Topliss-reactive ketones (excluding diaryl/α,β-unsaturated/α-hetero) is 1. The van der Waals surface area contributed by atoms with Crippen molar-refractivity contribution in [1.29, 1.82) is 5.26 Å². The molecule has 0 fully saturated rings. The van der Waals surface area contributed by atoms with Crippen molar-refractivity contribution in [2.75, 3.05) is 0 Å². The van der Waals surface area contributed by atoms with E-state index in [-0.39, 0.29) is 16.4 Å². The maximum absolute atomic E-state index is 12.7. The molecule has 2 nitrogen and oxygen atoms in total. The Morgan fingerprint density at radius 3 is 2.79 bits per heavy atom. The molecular formula is C10H7ClFNO. The number of carbonyl (C=O) groups is 1. The lowest BCUT2D eigenvalue weighted by atomic mass is 10.0. The van der Waals surface area contributed by atoms with Crippen LogP contribution in [0.3, 0.4) is 0 Å².